The second-order valence-corrected chi connectivity index (χ2v) is 27.0. The van der Waals surface area contributed by atoms with Crippen LogP contribution in [0.4, 0.5) is 0 Å². The Labute approximate surface area is 229 Å². The average Bonchev–Trinajstić information content (AvgIpc) is 3.61. The Morgan fingerprint density at radius 2 is 1.17 bits per heavy atom. The van der Waals surface area contributed by atoms with Gasteiger partial charge in [-0.15, -0.1) is 0 Å². The third-order valence-corrected chi connectivity index (χ3v) is 26.7. The first-order valence-electron chi connectivity index (χ1n) is 11.3. The van der Waals surface area contributed by atoms with Crippen molar-refractivity contribution in [3.63, 3.8) is 0 Å². The molecule has 0 N–H and O–H groups in total. The minimum absolute atomic E-state index is 0. The van der Waals surface area contributed by atoms with Crippen LogP contribution in [0.25, 0.3) is 23.5 Å². The number of hydrogen-bond acceptors (Lipinski definition) is 6. The zero-order chi connectivity index (χ0) is 23.4. The Balaban J connectivity index is 0.00000152. The number of allylic oxidation sites excluding steroid dienone is 2. The van der Waals surface area contributed by atoms with Crippen LogP contribution in [0.15, 0.2) is 60.2 Å². The first-order chi connectivity index (χ1) is 16.5. The molecule has 0 saturated carbocycles. The second-order valence-electron chi connectivity index (χ2n) is 9.18. The van der Waals surface area contributed by atoms with E-state index in [1.807, 2.05) is 0 Å². The summed E-state index contributed by atoms with van der Waals surface area (Å²) < 4.78 is 1.08. The third kappa shape index (κ3) is 4.49. The van der Waals surface area contributed by atoms with E-state index in [1.54, 1.807) is 9.59 Å². The van der Waals surface area contributed by atoms with Crippen molar-refractivity contribution in [2.45, 2.75) is 34.2 Å². The summed E-state index contributed by atoms with van der Waals surface area (Å²) in [5, 5.41) is 24.6. The van der Waals surface area contributed by atoms with Crippen LogP contribution in [0.2, 0.25) is 13.1 Å². The predicted octanol–water partition coefficient (Wildman–Crippen LogP) is -1.87. The predicted molar refractivity (Wildman–Crippen MR) is 129 cm³/mol. The summed E-state index contributed by atoms with van der Waals surface area (Å²) >= 11 is -2.14. The monoisotopic (exact) mass is 612 g/mol. The summed E-state index contributed by atoms with van der Waals surface area (Å²) in [5.74, 6) is 0. The Morgan fingerprint density at radius 1 is 0.722 bits per heavy atom. The molecule has 0 radical (unpaired) electrons. The molecule has 0 amide bonds. The van der Waals surface area contributed by atoms with E-state index in [4.69, 9.17) is 0 Å². The van der Waals surface area contributed by atoms with Gasteiger partial charge in [0.05, 0.1) is 0 Å². The number of aromatic nitrogens is 8. The van der Waals surface area contributed by atoms with Gasteiger partial charge in [0, 0.05) is 0 Å². The second kappa shape index (κ2) is 10.6. The smallest absolute Gasteiger partial charge is 1.00 e. The van der Waals surface area contributed by atoms with Crippen LogP contribution < -0.4 is 24.8 Å². The van der Waals surface area contributed by atoms with E-state index in [0.29, 0.717) is 7.25 Å². The maximum atomic E-state index is 4.26. The van der Waals surface area contributed by atoms with Crippen LogP contribution in [0.5, 0.6) is 0 Å². The summed E-state index contributed by atoms with van der Waals surface area (Å²) in [4.78, 5) is 3.23. The van der Waals surface area contributed by atoms with Crippen molar-refractivity contribution in [1.29, 1.82) is 0 Å². The van der Waals surface area contributed by atoms with Crippen LogP contribution >= 0.6 is 0 Å². The Hall–Kier alpha value is -2.26. The number of benzene rings is 2. The number of nitrogens with zero attached hydrogens (tertiary/aromatic N) is 8. The van der Waals surface area contributed by atoms with Gasteiger partial charge in [-0.25, -0.2) is 0 Å². The molecule has 0 fully saturated rings. The molecule has 2 heterocycles. The molecule has 2 aromatic carbocycles. The topological polar surface area (TPSA) is 87.2 Å². The molecule has 4 aromatic rings. The van der Waals surface area contributed by atoms with E-state index in [2.05, 4.69) is 106 Å². The molecule has 0 bridgehead atoms. The molecule has 0 saturated heterocycles. The van der Waals surface area contributed by atoms with Gasteiger partial charge < -0.3 is 24.8 Å². The number of halogens is 2. The van der Waals surface area contributed by atoms with Gasteiger partial charge >= 0.3 is 206 Å². The fourth-order valence-corrected chi connectivity index (χ4v) is 26.1. The fraction of sp³-hybridized carbons (Fsp3) is 0.250. The first kappa shape index (κ1) is 26.8. The van der Waals surface area contributed by atoms with Crippen LogP contribution in [0, 0.1) is 0 Å². The summed E-state index contributed by atoms with van der Waals surface area (Å²) in [6.07, 6.45) is 7.77. The molecule has 0 spiro atoms. The Kier molecular flexibility index (Phi) is 7.90. The maximum absolute atomic E-state index is 4.26. The van der Waals surface area contributed by atoms with Crippen LogP contribution in [0.1, 0.15) is 43.4 Å². The zero-order valence-electron chi connectivity index (χ0n) is 20.3. The number of rotatable bonds is 4. The molecule has 2 aromatic heterocycles. The van der Waals surface area contributed by atoms with E-state index in [9.17, 15) is 0 Å². The molecule has 2 aliphatic rings. The van der Waals surface area contributed by atoms with Gasteiger partial charge in [0.25, 0.3) is 0 Å². The van der Waals surface area contributed by atoms with Gasteiger partial charge in [-0.1, -0.05) is 0 Å². The van der Waals surface area contributed by atoms with Gasteiger partial charge in [0.15, 0.2) is 0 Å². The van der Waals surface area contributed by atoms with Gasteiger partial charge in [0.1, 0.15) is 0 Å². The van der Waals surface area contributed by atoms with E-state index in [0.717, 1.165) is 11.4 Å². The van der Waals surface area contributed by atoms with E-state index >= 15 is 0 Å². The molecule has 8 nitrogen and oxygen atoms in total. The summed E-state index contributed by atoms with van der Waals surface area (Å²) in [5.41, 5.74) is 10.0. The van der Waals surface area contributed by atoms with Gasteiger partial charge in [0.2, 0.25) is 0 Å². The molecule has 2 aliphatic carbocycles. The SMILES string of the molecule is CC1=Cc2ccc(-n3ncnn3)cc2[C@@H]1[Zr+2]([C@H]1C(C)=Cc2ccc(-n3ncnn3)cc21)=[Si](C)C.[Cl-].[Cl-]. The van der Waals surface area contributed by atoms with Crippen molar-refractivity contribution in [3.8, 4) is 11.4 Å². The molecular weight excluding hydrogens is 591 g/mol. The van der Waals surface area contributed by atoms with Gasteiger partial charge in [-0.3, -0.25) is 0 Å². The standard InChI is InChI=1S/2C11H9N4.C2H6Si.2ClH.Zr/c2*1-8-4-9-2-3-11(6-10(9)5-8)15-13-7-12-14-15;1-3-2;;;/h2*2-7H,1H3;1-2H3;2*1H;/q;;;;;+2/p-2. The zero-order valence-corrected chi connectivity index (χ0v) is 25.2. The Bertz CT molecular complexity index is 1400. The van der Waals surface area contributed by atoms with Crippen LogP contribution in [0.3, 0.4) is 0 Å². The van der Waals surface area contributed by atoms with Crippen molar-refractivity contribution in [2.75, 3.05) is 0 Å². The molecule has 0 unspecified atom stereocenters. The molecule has 36 heavy (non-hydrogen) atoms. The van der Waals surface area contributed by atoms with E-state index in [1.165, 1.54) is 46.1 Å². The molecule has 12 heteroatoms. The van der Waals surface area contributed by atoms with Crippen molar-refractivity contribution in [1.82, 2.24) is 40.4 Å². The molecule has 182 valence electrons. The molecule has 6 rings (SSSR count). The minimum atomic E-state index is -2.14. The van der Waals surface area contributed by atoms with Crippen molar-refractivity contribution in [3.05, 3.63) is 82.5 Å². The van der Waals surface area contributed by atoms with Gasteiger partial charge in [-0.05, 0) is 0 Å². The summed E-state index contributed by atoms with van der Waals surface area (Å²) in [6, 6.07) is 13.2. The van der Waals surface area contributed by atoms with Crippen molar-refractivity contribution >= 4 is 17.6 Å². The summed E-state index contributed by atoms with van der Waals surface area (Å²) in [7, 11) is 0. The van der Waals surface area contributed by atoms with E-state index in [-0.39, 0.29) is 24.8 Å². The normalized spacial score (nSPS) is 17.1. The summed E-state index contributed by atoms with van der Waals surface area (Å²) in [6.45, 7) is 9.71. The molecule has 2 atom stereocenters. The number of fused-ring (bicyclic) bond motifs is 2. The maximum Gasteiger partial charge on any atom is -1.00 e. The first-order valence-corrected chi connectivity index (χ1v) is 20.3. The average molecular weight is 615 g/mol. The number of tetrazole rings is 2. The van der Waals surface area contributed by atoms with Gasteiger partial charge in [-0.2, -0.15) is 0 Å². The third-order valence-electron chi connectivity index (χ3n) is 6.80. The molecular formula is C24H24Cl2N8SiZr. The molecule has 0 aliphatic heterocycles. The van der Waals surface area contributed by atoms with Crippen LogP contribution in [-0.2, 0) is 20.4 Å². The Morgan fingerprint density at radius 3 is 1.53 bits per heavy atom. The quantitative estimate of drug-likeness (QED) is 0.251. The van der Waals surface area contributed by atoms with Crippen molar-refractivity contribution < 1.29 is 45.2 Å². The van der Waals surface area contributed by atoms with Crippen molar-refractivity contribution in [2.24, 2.45) is 0 Å². The largest absolute Gasteiger partial charge is 1.00 e. The number of hydrogen-bond donors (Lipinski definition) is 0. The minimum Gasteiger partial charge on any atom is -1.00 e. The van der Waals surface area contributed by atoms with Crippen LogP contribution in [-0.4, -0.2) is 45.8 Å². The van der Waals surface area contributed by atoms with E-state index < -0.39 is 25.8 Å². The fourth-order valence-electron chi connectivity index (χ4n) is 5.42.